The van der Waals surface area contributed by atoms with Crippen LogP contribution in [0.25, 0.3) is 22.2 Å². The summed E-state index contributed by atoms with van der Waals surface area (Å²) in [5.74, 6) is -0.283. The maximum absolute atomic E-state index is 13.1. The topological polar surface area (TPSA) is 39.2 Å². The average molecular weight is 443 g/mol. The van der Waals surface area contributed by atoms with Crippen LogP contribution in [0.1, 0.15) is 15.9 Å². The SMILES string of the molecule is Cc1ccc2nc(-c3ccc(Cl)cc3)cc(C(=O)Oc3ccc(Cl)cc3Cl)c2c1. The molecule has 144 valence electrons. The highest BCUT2D eigenvalue weighted by molar-refractivity contribution is 6.35. The Bertz CT molecular complexity index is 1240. The zero-order chi connectivity index (χ0) is 20.5. The molecule has 0 atom stereocenters. The minimum atomic E-state index is -0.526. The number of pyridine rings is 1. The van der Waals surface area contributed by atoms with Crippen molar-refractivity contribution in [2.24, 2.45) is 0 Å². The summed E-state index contributed by atoms with van der Waals surface area (Å²) in [5.41, 5.74) is 3.59. The van der Waals surface area contributed by atoms with E-state index in [1.165, 1.54) is 6.07 Å². The van der Waals surface area contributed by atoms with Crippen LogP contribution in [0.4, 0.5) is 0 Å². The molecule has 4 aromatic rings. The predicted octanol–water partition coefficient (Wildman–Crippen LogP) is 7.39. The van der Waals surface area contributed by atoms with Crippen molar-refractivity contribution in [2.75, 3.05) is 0 Å². The minimum Gasteiger partial charge on any atom is -0.421 e. The van der Waals surface area contributed by atoms with Crippen molar-refractivity contribution < 1.29 is 9.53 Å². The smallest absolute Gasteiger partial charge is 0.344 e. The van der Waals surface area contributed by atoms with Crippen LogP contribution in [0.3, 0.4) is 0 Å². The number of carbonyl (C=O) groups is 1. The van der Waals surface area contributed by atoms with Crippen LogP contribution in [-0.4, -0.2) is 11.0 Å². The predicted molar refractivity (Wildman–Crippen MR) is 118 cm³/mol. The molecule has 3 nitrogen and oxygen atoms in total. The molecule has 1 aromatic heterocycles. The number of hydrogen-bond donors (Lipinski definition) is 0. The summed E-state index contributed by atoms with van der Waals surface area (Å²) in [6.45, 7) is 1.96. The normalized spacial score (nSPS) is 10.9. The Morgan fingerprint density at radius 2 is 1.59 bits per heavy atom. The van der Waals surface area contributed by atoms with Gasteiger partial charge in [0, 0.05) is 21.0 Å². The summed E-state index contributed by atoms with van der Waals surface area (Å²) >= 11 is 18.1. The summed E-state index contributed by atoms with van der Waals surface area (Å²) in [7, 11) is 0. The van der Waals surface area contributed by atoms with Gasteiger partial charge in [-0.05, 0) is 55.5 Å². The maximum atomic E-state index is 13.1. The zero-order valence-corrected chi connectivity index (χ0v) is 17.5. The van der Waals surface area contributed by atoms with Crippen LogP contribution >= 0.6 is 34.8 Å². The highest BCUT2D eigenvalue weighted by atomic mass is 35.5. The first-order valence-electron chi connectivity index (χ1n) is 8.75. The molecule has 0 spiro atoms. The van der Waals surface area contributed by atoms with E-state index in [1.54, 1.807) is 30.3 Å². The van der Waals surface area contributed by atoms with E-state index in [2.05, 4.69) is 0 Å². The van der Waals surface area contributed by atoms with Gasteiger partial charge in [-0.25, -0.2) is 9.78 Å². The molecule has 0 N–H and O–H groups in total. The van der Waals surface area contributed by atoms with Crippen molar-refractivity contribution in [2.45, 2.75) is 6.92 Å². The molecule has 0 saturated carbocycles. The van der Waals surface area contributed by atoms with Crippen LogP contribution in [0.5, 0.6) is 5.75 Å². The number of benzene rings is 3. The molecule has 0 amide bonds. The highest BCUT2D eigenvalue weighted by Gasteiger charge is 2.18. The van der Waals surface area contributed by atoms with Gasteiger partial charge in [0.2, 0.25) is 0 Å². The molecule has 3 aromatic carbocycles. The third-order valence-corrected chi connectivity index (χ3v) is 5.20. The van der Waals surface area contributed by atoms with Gasteiger partial charge < -0.3 is 4.74 Å². The Labute approximate surface area is 182 Å². The van der Waals surface area contributed by atoms with Gasteiger partial charge in [0.1, 0.15) is 5.75 Å². The monoisotopic (exact) mass is 441 g/mol. The molecule has 1 heterocycles. The van der Waals surface area contributed by atoms with Gasteiger partial charge in [-0.15, -0.1) is 0 Å². The molecule has 0 bridgehead atoms. The van der Waals surface area contributed by atoms with E-state index < -0.39 is 5.97 Å². The Morgan fingerprint density at radius 3 is 2.31 bits per heavy atom. The van der Waals surface area contributed by atoms with Crippen LogP contribution in [-0.2, 0) is 0 Å². The molecule has 4 rings (SSSR count). The van der Waals surface area contributed by atoms with E-state index in [0.29, 0.717) is 32.2 Å². The number of hydrogen-bond acceptors (Lipinski definition) is 3. The van der Waals surface area contributed by atoms with Crippen LogP contribution in [0.15, 0.2) is 66.7 Å². The van der Waals surface area contributed by atoms with Gasteiger partial charge in [-0.1, -0.05) is 58.6 Å². The fourth-order valence-corrected chi connectivity index (χ4v) is 3.56. The second kappa shape index (κ2) is 8.03. The molecule has 29 heavy (non-hydrogen) atoms. The largest absolute Gasteiger partial charge is 0.421 e. The number of esters is 1. The summed E-state index contributed by atoms with van der Waals surface area (Å²) in [6.07, 6.45) is 0. The zero-order valence-electron chi connectivity index (χ0n) is 15.2. The summed E-state index contributed by atoms with van der Waals surface area (Å²) in [4.78, 5) is 17.8. The Kier molecular flexibility index (Phi) is 5.46. The molecular formula is C23H14Cl3NO2. The van der Waals surface area contributed by atoms with Gasteiger partial charge >= 0.3 is 5.97 Å². The second-order valence-electron chi connectivity index (χ2n) is 6.55. The van der Waals surface area contributed by atoms with E-state index in [9.17, 15) is 4.79 Å². The molecule has 6 heteroatoms. The molecule has 0 unspecified atom stereocenters. The van der Waals surface area contributed by atoms with Gasteiger partial charge in [-0.2, -0.15) is 0 Å². The number of rotatable bonds is 3. The lowest BCUT2D eigenvalue weighted by Crippen LogP contribution is -2.10. The number of aromatic nitrogens is 1. The fraction of sp³-hybridized carbons (Fsp3) is 0.0435. The number of aryl methyl sites for hydroxylation is 1. The molecule has 0 saturated heterocycles. The van der Waals surface area contributed by atoms with Crippen molar-refractivity contribution in [3.8, 4) is 17.0 Å². The summed E-state index contributed by atoms with van der Waals surface area (Å²) < 4.78 is 5.57. The first-order chi connectivity index (χ1) is 13.9. The third kappa shape index (κ3) is 4.23. The number of fused-ring (bicyclic) bond motifs is 1. The van der Waals surface area contributed by atoms with Gasteiger partial charge in [0.05, 0.1) is 21.8 Å². The third-order valence-electron chi connectivity index (χ3n) is 4.42. The molecule has 0 aliphatic heterocycles. The summed E-state index contributed by atoms with van der Waals surface area (Å²) in [5, 5.41) is 2.06. The minimum absolute atomic E-state index is 0.242. The van der Waals surface area contributed by atoms with Gasteiger partial charge in [-0.3, -0.25) is 0 Å². The maximum Gasteiger partial charge on any atom is 0.344 e. The van der Waals surface area contributed by atoms with Crippen LogP contribution < -0.4 is 4.74 Å². The van der Waals surface area contributed by atoms with E-state index in [1.807, 2.05) is 37.3 Å². The lowest BCUT2D eigenvalue weighted by Gasteiger charge is -2.11. The first kappa shape index (κ1) is 19.7. The number of ether oxygens (including phenoxy) is 1. The van der Waals surface area contributed by atoms with E-state index in [0.717, 1.165) is 11.1 Å². The Morgan fingerprint density at radius 1 is 0.862 bits per heavy atom. The second-order valence-corrected chi connectivity index (χ2v) is 7.83. The van der Waals surface area contributed by atoms with Crippen molar-refractivity contribution in [1.29, 1.82) is 0 Å². The standard InChI is InChI=1S/C23H14Cl3NO2/c1-13-2-8-20-17(10-13)18(12-21(27-20)14-3-5-15(24)6-4-14)23(28)29-22-9-7-16(25)11-19(22)26/h2-12H,1H3. The Hall–Kier alpha value is -2.59. The van der Waals surface area contributed by atoms with Crippen LogP contribution in [0.2, 0.25) is 15.1 Å². The van der Waals surface area contributed by atoms with Gasteiger partial charge in [0.15, 0.2) is 0 Å². The number of halogens is 3. The van der Waals surface area contributed by atoms with E-state index >= 15 is 0 Å². The van der Waals surface area contributed by atoms with Crippen molar-refractivity contribution >= 4 is 51.7 Å². The van der Waals surface area contributed by atoms with Crippen LogP contribution in [0, 0.1) is 6.92 Å². The quantitative estimate of drug-likeness (QED) is 0.245. The fourth-order valence-electron chi connectivity index (χ4n) is 2.99. The van der Waals surface area contributed by atoms with Crippen molar-refractivity contribution in [1.82, 2.24) is 4.98 Å². The Balaban J connectivity index is 1.83. The first-order valence-corrected chi connectivity index (χ1v) is 9.89. The lowest BCUT2D eigenvalue weighted by atomic mass is 10.0. The summed E-state index contributed by atoms with van der Waals surface area (Å²) in [6, 6.07) is 19.5. The lowest BCUT2D eigenvalue weighted by molar-refractivity contribution is 0.0737. The number of nitrogens with zero attached hydrogens (tertiary/aromatic N) is 1. The van der Waals surface area contributed by atoms with E-state index in [4.69, 9.17) is 44.5 Å². The molecule has 0 radical (unpaired) electrons. The van der Waals surface area contributed by atoms with E-state index in [-0.39, 0.29) is 10.8 Å². The molecular weight excluding hydrogens is 429 g/mol. The highest BCUT2D eigenvalue weighted by Crippen LogP contribution is 2.31. The van der Waals surface area contributed by atoms with Crippen molar-refractivity contribution in [3.05, 3.63) is 92.9 Å². The molecule has 0 fully saturated rings. The molecule has 0 aliphatic rings. The average Bonchev–Trinajstić information content (AvgIpc) is 2.70. The van der Waals surface area contributed by atoms with Crippen molar-refractivity contribution in [3.63, 3.8) is 0 Å². The molecule has 0 aliphatic carbocycles. The number of carbonyl (C=O) groups excluding carboxylic acids is 1. The van der Waals surface area contributed by atoms with Gasteiger partial charge in [0.25, 0.3) is 0 Å².